The first-order valence-corrected chi connectivity index (χ1v) is 11.5. The first kappa shape index (κ1) is 20.6. The Balaban J connectivity index is 1.45. The maximum Gasteiger partial charge on any atom is 0.289 e. The highest BCUT2D eigenvalue weighted by Crippen LogP contribution is 2.32. The van der Waals surface area contributed by atoms with Crippen molar-refractivity contribution < 1.29 is 9.21 Å². The summed E-state index contributed by atoms with van der Waals surface area (Å²) >= 11 is 1.66. The molecule has 4 aromatic rings. The SMILES string of the molecule is Cc1cccc(C)c1-n1nnnc1C(c1ccsc1)N1CCN(C(=O)c2ccco2)CC1. The van der Waals surface area contributed by atoms with Crippen LogP contribution in [0.5, 0.6) is 0 Å². The van der Waals surface area contributed by atoms with E-state index < -0.39 is 0 Å². The molecule has 1 amide bonds. The van der Waals surface area contributed by atoms with Crippen LogP contribution in [0.1, 0.15) is 39.1 Å². The van der Waals surface area contributed by atoms with E-state index in [2.05, 4.69) is 63.2 Å². The number of thiophene rings is 1. The minimum Gasteiger partial charge on any atom is -0.459 e. The first-order valence-electron chi connectivity index (χ1n) is 10.6. The maximum atomic E-state index is 12.7. The smallest absolute Gasteiger partial charge is 0.289 e. The molecular formula is C23H24N6O2S. The lowest BCUT2D eigenvalue weighted by Crippen LogP contribution is -2.50. The van der Waals surface area contributed by atoms with Gasteiger partial charge in [-0.15, -0.1) is 5.10 Å². The quantitative estimate of drug-likeness (QED) is 0.465. The predicted octanol–water partition coefficient (Wildman–Crippen LogP) is 3.48. The minimum atomic E-state index is -0.101. The van der Waals surface area contributed by atoms with Crippen molar-refractivity contribution in [1.82, 2.24) is 30.0 Å². The number of carbonyl (C=O) groups excluding carboxylic acids is 1. The van der Waals surface area contributed by atoms with Crippen molar-refractivity contribution >= 4 is 17.2 Å². The molecule has 3 aromatic heterocycles. The third kappa shape index (κ3) is 3.74. The van der Waals surface area contributed by atoms with Crippen LogP contribution in [0.4, 0.5) is 0 Å². The van der Waals surface area contributed by atoms with Crippen molar-refractivity contribution in [3.8, 4) is 5.69 Å². The summed E-state index contributed by atoms with van der Waals surface area (Å²) in [5, 5.41) is 17.1. The van der Waals surface area contributed by atoms with Gasteiger partial charge in [0, 0.05) is 26.2 Å². The third-order valence-electron chi connectivity index (χ3n) is 5.95. The van der Waals surface area contributed by atoms with Crippen molar-refractivity contribution in [3.05, 3.63) is 81.7 Å². The number of amides is 1. The number of rotatable bonds is 5. The van der Waals surface area contributed by atoms with Crippen LogP contribution >= 0.6 is 11.3 Å². The van der Waals surface area contributed by atoms with Gasteiger partial charge in [0.25, 0.3) is 5.91 Å². The monoisotopic (exact) mass is 448 g/mol. The van der Waals surface area contributed by atoms with Gasteiger partial charge in [-0.2, -0.15) is 16.0 Å². The molecule has 0 radical (unpaired) electrons. The predicted molar refractivity (Wildman–Crippen MR) is 121 cm³/mol. The summed E-state index contributed by atoms with van der Waals surface area (Å²) in [6.07, 6.45) is 1.53. The van der Waals surface area contributed by atoms with E-state index in [1.165, 1.54) is 6.26 Å². The molecule has 164 valence electrons. The van der Waals surface area contributed by atoms with Crippen molar-refractivity contribution in [2.24, 2.45) is 0 Å². The molecule has 0 aliphatic carbocycles. The van der Waals surface area contributed by atoms with Crippen LogP contribution in [-0.4, -0.2) is 62.1 Å². The van der Waals surface area contributed by atoms with E-state index in [1.54, 1.807) is 23.5 Å². The molecule has 1 saturated heterocycles. The second kappa shape index (κ2) is 8.68. The van der Waals surface area contributed by atoms with Gasteiger partial charge < -0.3 is 9.32 Å². The fourth-order valence-electron chi connectivity index (χ4n) is 4.36. The van der Waals surface area contributed by atoms with E-state index >= 15 is 0 Å². The van der Waals surface area contributed by atoms with Crippen LogP contribution in [0.25, 0.3) is 5.69 Å². The highest BCUT2D eigenvalue weighted by Gasteiger charge is 2.33. The molecule has 1 atom stereocenters. The molecule has 1 unspecified atom stereocenters. The Morgan fingerprint density at radius 1 is 1.06 bits per heavy atom. The molecule has 0 spiro atoms. The first-order chi connectivity index (χ1) is 15.6. The van der Waals surface area contributed by atoms with Gasteiger partial charge in [-0.05, 0) is 69.9 Å². The number of piperazine rings is 1. The van der Waals surface area contributed by atoms with E-state index in [1.807, 2.05) is 15.6 Å². The highest BCUT2D eigenvalue weighted by atomic mass is 32.1. The van der Waals surface area contributed by atoms with Gasteiger partial charge in [0.2, 0.25) is 0 Å². The fraction of sp³-hybridized carbons (Fsp3) is 0.304. The van der Waals surface area contributed by atoms with Gasteiger partial charge in [-0.1, -0.05) is 18.2 Å². The summed E-state index contributed by atoms with van der Waals surface area (Å²) < 4.78 is 7.16. The number of benzene rings is 1. The van der Waals surface area contributed by atoms with Crippen LogP contribution < -0.4 is 0 Å². The van der Waals surface area contributed by atoms with Crippen molar-refractivity contribution in [2.75, 3.05) is 26.2 Å². The second-order valence-electron chi connectivity index (χ2n) is 7.95. The molecule has 9 heteroatoms. The molecule has 1 aliphatic heterocycles. The van der Waals surface area contributed by atoms with Gasteiger partial charge in [-0.25, -0.2) is 0 Å². The second-order valence-corrected chi connectivity index (χ2v) is 8.73. The Morgan fingerprint density at radius 2 is 1.84 bits per heavy atom. The number of aryl methyl sites for hydroxylation is 2. The molecular weight excluding hydrogens is 424 g/mol. The summed E-state index contributed by atoms with van der Waals surface area (Å²) in [6.45, 7) is 6.81. The largest absolute Gasteiger partial charge is 0.459 e. The Bertz CT molecular complexity index is 1170. The summed E-state index contributed by atoms with van der Waals surface area (Å²) in [4.78, 5) is 16.9. The zero-order valence-electron chi connectivity index (χ0n) is 18.0. The highest BCUT2D eigenvalue weighted by molar-refractivity contribution is 7.08. The van der Waals surface area contributed by atoms with Gasteiger partial charge in [0.1, 0.15) is 0 Å². The average Bonchev–Trinajstić information content (AvgIpc) is 3.58. The Labute approximate surface area is 190 Å². The summed E-state index contributed by atoms with van der Waals surface area (Å²) in [5.41, 5.74) is 4.41. The van der Waals surface area contributed by atoms with Crippen LogP contribution in [0, 0.1) is 13.8 Å². The van der Waals surface area contributed by atoms with E-state index in [0.29, 0.717) is 31.9 Å². The number of nitrogens with zero attached hydrogens (tertiary/aromatic N) is 6. The van der Waals surface area contributed by atoms with Gasteiger partial charge in [0.15, 0.2) is 11.6 Å². The number of carbonyl (C=O) groups is 1. The maximum absolute atomic E-state index is 12.7. The van der Waals surface area contributed by atoms with E-state index in [-0.39, 0.29) is 11.9 Å². The van der Waals surface area contributed by atoms with Gasteiger partial charge in [-0.3, -0.25) is 9.69 Å². The number of hydrogen-bond donors (Lipinski definition) is 0. The summed E-state index contributed by atoms with van der Waals surface area (Å²) in [6, 6.07) is 11.7. The van der Waals surface area contributed by atoms with Gasteiger partial charge in [0.05, 0.1) is 18.0 Å². The van der Waals surface area contributed by atoms with E-state index in [0.717, 1.165) is 28.2 Å². The minimum absolute atomic E-state index is 0.0675. The fourth-order valence-corrected chi connectivity index (χ4v) is 5.04. The molecule has 0 bridgehead atoms. The zero-order chi connectivity index (χ0) is 22.1. The molecule has 1 aromatic carbocycles. The van der Waals surface area contributed by atoms with Gasteiger partial charge >= 0.3 is 0 Å². The van der Waals surface area contributed by atoms with E-state index in [4.69, 9.17) is 4.42 Å². The normalized spacial score (nSPS) is 15.8. The average molecular weight is 449 g/mol. The molecule has 32 heavy (non-hydrogen) atoms. The lowest BCUT2D eigenvalue weighted by Gasteiger charge is -2.38. The van der Waals surface area contributed by atoms with Crippen molar-refractivity contribution in [1.29, 1.82) is 0 Å². The number of hydrogen-bond acceptors (Lipinski definition) is 7. The Kier molecular flexibility index (Phi) is 5.59. The number of aromatic nitrogens is 4. The topological polar surface area (TPSA) is 80.3 Å². The van der Waals surface area contributed by atoms with Crippen LogP contribution in [0.2, 0.25) is 0 Å². The molecule has 0 N–H and O–H groups in total. The third-order valence-corrected chi connectivity index (χ3v) is 6.65. The molecule has 5 rings (SSSR count). The standard InChI is InChI=1S/C23H24N6O2S/c1-16-5-3-6-17(2)20(16)29-22(24-25-26-29)21(18-8-14-32-15-18)27-9-11-28(12-10-27)23(30)19-7-4-13-31-19/h3-8,13-15,21H,9-12H2,1-2H3. The van der Waals surface area contributed by atoms with Crippen LogP contribution in [0.15, 0.2) is 57.8 Å². The van der Waals surface area contributed by atoms with E-state index in [9.17, 15) is 4.79 Å². The van der Waals surface area contributed by atoms with Crippen LogP contribution in [-0.2, 0) is 0 Å². The lowest BCUT2D eigenvalue weighted by molar-refractivity contribution is 0.0561. The lowest BCUT2D eigenvalue weighted by atomic mass is 10.1. The zero-order valence-corrected chi connectivity index (χ0v) is 18.8. The Hall–Kier alpha value is -3.30. The molecule has 8 nitrogen and oxygen atoms in total. The van der Waals surface area contributed by atoms with Crippen LogP contribution in [0.3, 0.4) is 0 Å². The van der Waals surface area contributed by atoms with Crippen molar-refractivity contribution in [3.63, 3.8) is 0 Å². The molecule has 1 aliphatic rings. The Morgan fingerprint density at radius 3 is 2.50 bits per heavy atom. The number of tetrazole rings is 1. The van der Waals surface area contributed by atoms with Crippen molar-refractivity contribution in [2.45, 2.75) is 19.9 Å². The number of furan rings is 1. The summed E-state index contributed by atoms with van der Waals surface area (Å²) in [5.74, 6) is 1.10. The number of para-hydroxylation sites is 1. The molecule has 4 heterocycles. The molecule has 1 fully saturated rings. The molecule has 0 saturated carbocycles. The summed E-state index contributed by atoms with van der Waals surface area (Å²) in [7, 11) is 0.